The number of benzene rings is 2. The average Bonchev–Trinajstić information content (AvgIpc) is 3.21. The molecule has 9 nitrogen and oxygen atoms in total. The lowest BCUT2D eigenvalue weighted by Crippen LogP contribution is -2.44. The number of phenolic OH excluding ortho intramolecular Hbond substituents is 1. The Bertz CT molecular complexity index is 1270. The third-order valence-electron chi connectivity index (χ3n) is 5.95. The van der Waals surface area contributed by atoms with Crippen LogP contribution in [0.25, 0.3) is 0 Å². The lowest BCUT2D eigenvalue weighted by atomic mass is 9.99. The van der Waals surface area contributed by atoms with Crippen LogP contribution in [-0.2, 0) is 4.79 Å². The smallest absolute Gasteiger partial charge is 0.273 e. The number of amides is 3. The number of primary amides is 1. The second-order valence-corrected chi connectivity index (χ2v) is 9.77. The van der Waals surface area contributed by atoms with Crippen molar-refractivity contribution in [3.8, 4) is 5.75 Å². The number of nitrogen functional groups attached to an aromatic ring is 1. The zero-order valence-electron chi connectivity index (χ0n) is 20.7. The monoisotopic (exact) mass is 509 g/mol. The van der Waals surface area contributed by atoms with Gasteiger partial charge in [-0.2, -0.15) is 4.37 Å². The van der Waals surface area contributed by atoms with Gasteiger partial charge in [0.2, 0.25) is 5.91 Å². The number of nitrogens with two attached hydrogens (primary N) is 2. The minimum atomic E-state index is -1.09. The Morgan fingerprint density at radius 2 is 1.78 bits per heavy atom. The molecule has 0 aliphatic rings. The molecule has 0 aliphatic carbocycles. The maximum Gasteiger partial charge on any atom is 0.273 e. The normalized spacial score (nSPS) is 11.8. The first-order valence-corrected chi connectivity index (χ1v) is 12.3. The molecule has 1 atom stereocenters. The quantitative estimate of drug-likeness (QED) is 0.345. The van der Waals surface area contributed by atoms with Crippen molar-refractivity contribution >= 4 is 40.6 Å². The molecule has 3 amide bonds. The van der Waals surface area contributed by atoms with Crippen LogP contribution in [0.2, 0.25) is 0 Å². The number of hydrogen-bond acceptors (Lipinski definition) is 7. The Labute approximate surface area is 214 Å². The van der Waals surface area contributed by atoms with Crippen molar-refractivity contribution in [1.29, 1.82) is 0 Å². The van der Waals surface area contributed by atoms with E-state index in [0.717, 1.165) is 29.1 Å². The summed E-state index contributed by atoms with van der Waals surface area (Å²) in [6, 6.07) is 10.5. The lowest BCUT2D eigenvalue weighted by Gasteiger charge is -2.33. The number of carbonyl (C=O) groups is 3. The highest BCUT2D eigenvalue weighted by molar-refractivity contribution is 7.09. The molecule has 190 valence electrons. The van der Waals surface area contributed by atoms with Gasteiger partial charge in [0.15, 0.2) is 5.69 Å². The van der Waals surface area contributed by atoms with Crippen LogP contribution < -0.4 is 21.7 Å². The fourth-order valence-corrected chi connectivity index (χ4v) is 4.50. The van der Waals surface area contributed by atoms with Gasteiger partial charge in [-0.1, -0.05) is 38.1 Å². The van der Waals surface area contributed by atoms with Gasteiger partial charge < -0.3 is 21.9 Å². The second kappa shape index (κ2) is 11.2. The summed E-state index contributed by atoms with van der Waals surface area (Å²) in [5.41, 5.74) is 13.9. The summed E-state index contributed by atoms with van der Waals surface area (Å²) in [6.45, 7) is 8.30. The minimum absolute atomic E-state index is 0.00321. The van der Waals surface area contributed by atoms with Crippen LogP contribution in [0.4, 0.5) is 11.4 Å². The van der Waals surface area contributed by atoms with Crippen LogP contribution in [0.5, 0.6) is 5.75 Å². The molecular formula is C26H31N5O4S. The molecule has 0 aliphatic heterocycles. The van der Waals surface area contributed by atoms with Crippen molar-refractivity contribution in [2.75, 3.05) is 17.2 Å². The van der Waals surface area contributed by atoms with E-state index in [2.05, 4.69) is 23.5 Å². The number of rotatable bonds is 9. The third-order valence-corrected chi connectivity index (χ3v) is 6.80. The number of carbonyl (C=O) groups excluding carboxylic acids is 3. The largest absolute Gasteiger partial charge is 0.508 e. The summed E-state index contributed by atoms with van der Waals surface area (Å²) >= 11 is 0.755. The Morgan fingerprint density at radius 1 is 1.11 bits per heavy atom. The molecule has 0 spiro atoms. The van der Waals surface area contributed by atoms with Gasteiger partial charge in [-0.15, -0.1) is 0 Å². The fourth-order valence-electron chi connectivity index (χ4n) is 3.76. The highest BCUT2D eigenvalue weighted by Crippen LogP contribution is 2.36. The molecule has 0 bridgehead atoms. The number of phenols is 1. The molecule has 0 saturated heterocycles. The summed E-state index contributed by atoms with van der Waals surface area (Å²) in [4.78, 5) is 40.8. The first-order chi connectivity index (χ1) is 17.0. The van der Waals surface area contributed by atoms with Crippen molar-refractivity contribution in [1.82, 2.24) is 9.69 Å². The molecule has 1 heterocycles. The van der Waals surface area contributed by atoms with Crippen LogP contribution >= 0.6 is 11.5 Å². The molecular weight excluding hydrogens is 478 g/mol. The van der Waals surface area contributed by atoms with E-state index in [4.69, 9.17) is 11.5 Å². The number of nitrogens with zero attached hydrogens (tertiary/aromatic N) is 2. The summed E-state index contributed by atoms with van der Waals surface area (Å²) in [5, 5.41) is 12.8. The summed E-state index contributed by atoms with van der Waals surface area (Å²) in [6.07, 6.45) is 0.759. The standard InChI is InChI=1S/C26H31N5O4S/c1-14(2)12-13-29-25(34)22(17-8-10-18(32)11-9-17)31(19-7-5-6-15(3)16(19)4)26(35)23-20(27)21(24(28)33)30-36-23/h5-11,14,22,32H,12-13,27H2,1-4H3,(H2,28,33)(H,29,34)/t22-/m1/s1. The zero-order chi connectivity index (χ0) is 26.6. The first kappa shape index (κ1) is 26.7. The van der Waals surface area contributed by atoms with Crippen LogP contribution in [0.3, 0.4) is 0 Å². The van der Waals surface area contributed by atoms with Crippen molar-refractivity contribution in [2.45, 2.75) is 40.2 Å². The molecule has 1 aromatic heterocycles. The van der Waals surface area contributed by atoms with E-state index < -0.39 is 23.8 Å². The zero-order valence-corrected chi connectivity index (χ0v) is 21.6. The van der Waals surface area contributed by atoms with Crippen molar-refractivity contribution < 1.29 is 19.5 Å². The second-order valence-electron chi connectivity index (χ2n) is 9.00. The Hall–Kier alpha value is -3.92. The van der Waals surface area contributed by atoms with E-state index in [9.17, 15) is 19.5 Å². The van der Waals surface area contributed by atoms with E-state index in [1.807, 2.05) is 19.9 Å². The summed E-state index contributed by atoms with van der Waals surface area (Å²) in [7, 11) is 0. The predicted octanol–water partition coefficient (Wildman–Crippen LogP) is 3.70. The molecule has 0 unspecified atom stereocenters. The maximum atomic E-state index is 14.1. The number of aromatic nitrogens is 1. The van der Waals surface area contributed by atoms with Crippen molar-refractivity contribution in [3.05, 3.63) is 69.7 Å². The first-order valence-electron chi connectivity index (χ1n) is 11.5. The summed E-state index contributed by atoms with van der Waals surface area (Å²) < 4.78 is 3.97. The topological polar surface area (TPSA) is 152 Å². The molecule has 6 N–H and O–H groups in total. The van der Waals surface area contributed by atoms with Crippen molar-refractivity contribution in [2.24, 2.45) is 11.7 Å². The van der Waals surface area contributed by atoms with Gasteiger partial charge in [0.05, 0.1) is 5.69 Å². The van der Waals surface area contributed by atoms with E-state index in [1.165, 1.54) is 17.0 Å². The number of anilines is 2. The molecule has 0 radical (unpaired) electrons. The Kier molecular flexibility index (Phi) is 8.31. The van der Waals surface area contributed by atoms with Gasteiger partial charge in [-0.05, 0) is 72.6 Å². The number of aryl methyl sites for hydroxylation is 1. The van der Waals surface area contributed by atoms with Gasteiger partial charge in [0.25, 0.3) is 11.8 Å². The molecule has 2 aromatic carbocycles. The highest BCUT2D eigenvalue weighted by Gasteiger charge is 2.36. The Balaban J connectivity index is 2.21. The van der Waals surface area contributed by atoms with Gasteiger partial charge in [0.1, 0.15) is 16.7 Å². The number of aromatic hydroxyl groups is 1. The van der Waals surface area contributed by atoms with Crippen molar-refractivity contribution in [3.63, 3.8) is 0 Å². The highest BCUT2D eigenvalue weighted by atomic mass is 32.1. The SMILES string of the molecule is Cc1cccc(N(C(=O)c2snc(C(N)=O)c2N)[C@@H](C(=O)NCCC(C)C)c2ccc(O)cc2)c1C. The molecule has 36 heavy (non-hydrogen) atoms. The van der Waals surface area contributed by atoms with E-state index >= 15 is 0 Å². The summed E-state index contributed by atoms with van der Waals surface area (Å²) in [5.74, 6) is -1.43. The van der Waals surface area contributed by atoms with E-state index in [0.29, 0.717) is 23.7 Å². The molecule has 10 heteroatoms. The maximum absolute atomic E-state index is 14.1. The van der Waals surface area contributed by atoms with Crippen LogP contribution in [0, 0.1) is 19.8 Å². The molecule has 0 fully saturated rings. The van der Waals surface area contributed by atoms with E-state index in [1.54, 1.807) is 24.3 Å². The van der Waals surface area contributed by atoms with Crippen LogP contribution in [-0.4, -0.2) is 33.7 Å². The molecule has 3 aromatic rings. The number of hydrogen-bond donors (Lipinski definition) is 4. The molecule has 3 rings (SSSR count). The van der Waals surface area contributed by atoms with Gasteiger partial charge >= 0.3 is 0 Å². The lowest BCUT2D eigenvalue weighted by molar-refractivity contribution is -0.122. The van der Waals surface area contributed by atoms with Crippen LogP contribution in [0.1, 0.15) is 63.2 Å². The average molecular weight is 510 g/mol. The van der Waals surface area contributed by atoms with Gasteiger partial charge in [-0.25, -0.2) is 0 Å². The fraction of sp³-hybridized carbons (Fsp3) is 0.308. The van der Waals surface area contributed by atoms with E-state index in [-0.39, 0.29) is 22.0 Å². The number of nitrogens with one attached hydrogen (secondary N) is 1. The predicted molar refractivity (Wildman–Crippen MR) is 141 cm³/mol. The van der Waals surface area contributed by atoms with Gasteiger partial charge in [0, 0.05) is 12.2 Å². The third kappa shape index (κ3) is 5.65. The Morgan fingerprint density at radius 3 is 2.36 bits per heavy atom. The van der Waals surface area contributed by atoms with Crippen LogP contribution in [0.15, 0.2) is 42.5 Å². The molecule has 0 saturated carbocycles. The van der Waals surface area contributed by atoms with Gasteiger partial charge in [-0.3, -0.25) is 19.3 Å². The minimum Gasteiger partial charge on any atom is -0.508 e.